The van der Waals surface area contributed by atoms with Gasteiger partial charge in [0, 0.05) is 19.0 Å². The number of nitrogens with zero attached hydrogens (tertiary/aromatic N) is 1. The zero-order valence-corrected chi connectivity index (χ0v) is 12.3. The van der Waals surface area contributed by atoms with Crippen molar-refractivity contribution in [3.63, 3.8) is 0 Å². The third-order valence-electron chi connectivity index (χ3n) is 2.82. The minimum absolute atomic E-state index is 0.0000279. The van der Waals surface area contributed by atoms with Crippen LogP contribution in [0.4, 0.5) is 0 Å². The average Bonchev–Trinajstić information content (AvgIpc) is 2.78. The summed E-state index contributed by atoms with van der Waals surface area (Å²) in [6.45, 7) is 3.06. The Hall–Kier alpha value is -2.52. The van der Waals surface area contributed by atoms with Crippen molar-refractivity contribution in [2.45, 2.75) is 32.5 Å². The van der Waals surface area contributed by atoms with Gasteiger partial charge < -0.3 is 15.2 Å². The first kappa shape index (κ1) is 17.5. The predicted octanol–water partition coefficient (Wildman–Crippen LogP) is -1.02. The van der Waals surface area contributed by atoms with Crippen molar-refractivity contribution >= 4 is 23.6 Å². The van der Waals surface area contributed by atoms with Crippen LogP contribution in [-0.4, -0.2) is 39.4 Å². The molecule has 2 heterocycles. The van der Waals surface area contributed by atoms with E-state index < -0.39 is 11.8 Å². The molecule has 2 aliphatic rings. The van der Waals surface area contributed by atoms with Gasteiger partial charge in [-0.3, -0.25) is 15.4 Å². The Morgan fingerprint density at radius 3 is 2.14 bits per heavy atom. The van der Waals surface area contributed by atoms with Gasteiger partial charge in [0.05, 0.1) is 5.57 Å². The number of Topliss-reactive ketones (excluding diaryl/α,β-unsaturated/α-hetero) is 1. The fourth-order valence-corrected chi connectivity index (χ4v) is 1.89. The summed E-state index contributed by atoms with van der Waals surface area (Å²) in [6, 6.07) is 0. The molecule has 2 amide bonds. The van der Waals surface area contributed by atoms with Gasteiger partial charge in [-0.15, -0.1) is 0 Å². The van der Waals surface area contributed by atoms with Gasteiger partial charge in [-0.1, -0.05) is 0 Å². The van der Waals surface area contributed by atoms with Crippen LogP contribution < -0.4 is 16.6 Å². The van der Waals surface area contributed by atoms with Crippen LogP contribution >= 0.6 is 0 Å². The maximum absolute atomic E-state index is 11.7. The highest BCUT2D eigenvalue weighted by Crippen LogP contribution is 2.23. The normalized spacial score (nSPS) is 23.4. The Kier molecular flexibility index (Phi) is 5.55. The van der Waals surface area contributed by atoms with Gasteiger partial charge in [0.1, 0.15) is 5.78 Å². The highest BCUT2D eigenvalue weighted by molar-refractivity contribution is 6.03. The monoisotopic (exact) mass is 310 g/mol. The molecule has 0 aromatic heterocycles. The third kappa shape index (κ3) is 3.77. The molecule has 120 valence electrons. The Morgan fingerprint density at radius 2 is 1.82 bits per heavy atom. The molecule has 1 unspecified atom stereocenters. The lowest BCUT2D eigenvalue weighted by Crippen LogP contribution is -2.69. The number of likely N-dealkylation sites (tertiary alicyclic amines) is 1. The van der Waals surface area contributed by atoms with Gasteiger partial charge in [-0.25, -0.2) is 15.1 Å². The van der Waals surface area contributed by atoms with Gasteiger partial charge in [0.2, 0.25) is 17.6 Å². The number of carbonyl (C=O) groups is 4. The number of carboxylic acids is 1. The van der Waals surface area contributed by atoms with E-state index in [-0.39, 0.29) is 36.0 Å². The van der Waals surface area contributed by atoms with E-state index in [2.05, 4.69) is 10.7 Å². The van der Waals surface area contributed by atoms with Crippen LogP contribution in [-0.2, 0) is 19.2 Å². The van der Waals surface area contributed by atoms with Crippen molar-refractivity contribution in [1.82, 2.24) is 15.6 Å². The van der Waals surface area contributed by atoms with E-state index in [9.17, 15) is 19.2 Å². The van der Waals surface area contributed by atoms with Crippen molar-refractivity contribution in [3.8, 4) is 0 Å². The van der Waals surface area contributed by atoms with E-state index in [4.69, 9.17) is 10.9 Å². The maximum Gasteiger partial charge on any atom is 0.337 e. The van der Waals surface area contributed by atoms with E-state index in [0.717, 1.165) is 4.90 Å². The minimum atomic E-state index is -1.40. The number of carboxylic acid groups (broad SMARTS) is 1. The molecule has 0 aliphatic carbocycles. The summed E-state index contributed by atoms with van der Waals surface area (Å²) in [5.74, 6) is 2.28. The zero-order valence-electron chi connectivity index (χ0n) is 12.3. The fraction of sp³-hybridized carbons (Fsp3) is 0.385. The second kappa shape index (κ2) is 6.96. The number of nitrogens with two attached hydrogens (primary N) is 1. The number of nitrogens with one attached hydrogen (secondary N) is 2. The number of ketones is 1. The summed E-state index contributed by atoms with van der Waals surface area (Å²) in [4.78, 5) is 44.5. The number of carbonyl (C=O) groups excluding carboxylic acids is 3. The number of dihydropyridines is 1. The van der Waals surface area contributed by atoms with Crippen LogP contribution in [0.1, 0.15) is 26.7 Å². The number of amides is 2. The molecule has 2 rings (SSSR count). The summed E-state index contributed by atoms with van der Waals surface area (Å²) in [5, 5.41) is 11.4. The molecular weight excluding hydrogens is 292 g/mol. The van der Waals surface area contributed by atoms with Crippen molar-refractivity contribution in [1.29, 1.82) is 0 Å². The smallest absolute Gasteiger partial charge is 0.337 e. The molecule has 22 heavy (non-hydrogen) atoms. The van der Waals surface area contributed by atoms with E-state index in [1.807, 2.05) is 0 Å². The zero-order chi connectivity index (χ0) is 16.9. The Labute approximate surface area is 126 Å². The first-order valence-corrected chi connectivity index (χ1v) is 6.44. The summed E-state index contributed by atoms with van der Waals surface area (Å²) in [6.07, 6.45) is 4.02. The predicted molar refractivity (Wildman–Crippen MR) is 75.5 cm³/mol. The Bertz CT molecular complexity index is 549. The maximum atomic E-state index is 11.7. The number of hydrogen-bond acceptors (Lipinski definition) is 7. The first-order valence-electron chi connectivity index (χ1n) is 6.44. The van der Waals surface area contributed by atoms with Crippen LogP contribution in [0.25, 0.3) is 0 Å². The SMILES string of the molecule is CC(C)=O.NNC1(N2C(=O)CCC2=O)C=CC(C(=O)O)=CN1. The van der Waals surface area contributed by atoms with Crippen molar-refractivity contribution in [2.75, 3.05) is 0 Å². The van der Waals surface area contributed by atoms with Crippen molar-refractivity contribution in [2.24, 2.45) is 5.84 Å². The minimum Gasteiger partial charge on any atom is -0.478 e. The van der Waals surface area contributed by atoms with Gasteiger partial charge >= 0.3 is 5.97 Å². The fourth-order valence-electron chi connectivity index (χ4n) is 1.89. The van der Waals surface area contributed by atoms with Gasteiger partial charge in [0.25, 0.3) is 0 Å². The number of rotatable bonds is 3. The number of imide groups is 1. The summed E-state index contributed by atoms with van der Waals surface area (Å²) in [7, 11) is 0. The molecule has 0 saturated carbocycles. The number of aliphatic carboxylic acids is 1. The highest BCUT2D eigenvalue weighted by atomic mass is 16.4. The quantitative estimate of drug-likeness (QED) is 0.295. The standard InChI is InChI=1S/C10H12N4O4.C3H6O/c11-13-10(14-7(15)1-2-8(14)16)4-3-6(5-12-10)9(17)18;1-3(2)4/h3-5,12-13H,1-2,11H2,(H,17,18);1-2H3. The van der Waals surface area contributed by atoms with Gasteiger partial charge in [-0.05, 0) is 26.0 Å². The number of hydrazine groups is 1. The second-order valence-electron chi connectivity index (χ2n) is 4.82. The highest BCUT2D eigenvalue weighted by Gasteiger charge is 2.45. The molecule has 1 atom stereocenters. The lowest BCUT2D eigenvalue weighted by molar-refractivity contribution is -0.146. The van der Waals surface area contributed by atoms with E-state index in [0.29, 0.717) is 0 Å². The molecule has 5 N–H and O–H groups in total. The molecule has 9 nitrogen and oxygen atoms in total. The molecule has 1 saturated heterocycles. The molecule has 0 aromatic carbocycles. The molecule has 9 heteroatoms. The lowest BCUT2D eigenvalue weighted by Gasteiger charge is -2.39. The van der Waals surface area contributed by atoms with E-state index >= 15 is 0 Å². The third-order valence-corrected chi connectivity index (χ3v) is 2.82. The van der Waals surface area contributed by atoms with Crippen LogP contribution in [0.2, 0.25) is 0 Å². The van der Waals surface area contributed by atoms with Crippen LogP contribution in [0.3, 0.4) is 0 Å². The Balaban J connectivity index is 0.000000541. The Morgan fingerprint density at radius 1 is 1.32 bits per heavy atom. The largest absolute Gasteiger partial charge is 0.478 e. The molecule has 2 aliphatic heterocycles. The molecule has 0 bridgehead atoms. The van der Waals surface area contributed by atoms with Crippen LogP contribution in [0.15, 0.2) is 23.9 Å². The summed E-state index contributed by atoms with van der Waals surface area (Å²) < 4.78 is 0. The van der Waals surface area contributed by atoms with E-state index in [1.54, 1.807) is 0 Å². The first-order chi connectivity index (χ1) is 10.2. The topological polar surface area (TPSA) is 142 Å². The van der Waals surface area contributed by atoms with E-state index in [1.165, 1.54) is 32.2 Å². The van der Waals surface area contributed by atoms with Gasteiger partial charge in [-0.2, -0.15) is 0 Å². The summed E-state index contributed by atoms with van der Waals surface area (Å²) in [5.41, 5.74) is 2.33. The van der Waals surface area contributed by atoms with Gasteiger partial charge in [0.15, 0.2) is 0 Å². The van der Waals surface area contributed by atoms with Crippen LogP contribution in [0.5, 0.6) is 0 Å². The number of hydrogen-bond donors (Lipinski definition) is 4. The average molecular weight is 310 g/mol. The molecule has 0 aromatic rings. The summed E-state index contributed by atoms with van der Waals surface area (Å²) >= 11 is 0. The molecular formula is C13H18N4O5. The lowest BCUT2D eigenvalue weighted by atomic mass is 10.1. The van der Waals surface area contributed by atoms with Crippen LogP contribution in [0, 0.1) is 0 Å². The molecule has 1 fully saturated rings. The molecule has 0 radical (unpaired) electrons. The van der Waals surface area contributed by atoms with Crippen molar-refractivity contribution < 1.29 is 24.3 Å². The molecule has 0 spiro atoms. The second-order valence-corrected chi connectivity index (χ2v) is 4.82. The van der Waals surface area contributed by atoms with Crippen molar-refractivity contribution in [3.05, 3.63) is 23.9 Å².